The van der Waals surface area contributed by atoms with Crippen LogP contribution in [-0.2, 0) is 6.42 Å². The second-order valence-electron chi connectivity index (χ2n) is 6.34. The average Bonchev–Trinajstić information content (AvgIpc) is 2.92. The Morgan fingerprint density at radius 3 is 2.90 bits per heavy atom. The number of benzene rings is 1. The maximum atomic E-state index is 3.55. The molecule has 0 bridgehead atoms. The first-order chi connectivity index (χ1) is 9.90. The van der Waals surface area contributed by atoms with Crippen molar-refractivity contribution in [3.63, 3.8) is 0 Å². The molecule has 1 N–H and O–H groups in total. The highest BCUT2D eigenvalue weighted by Crippen LogP contribution is 2.35. The molecule has 110 valence electrons. The lowest BCUT2D eigenvalue weighted by Crippen LogP contribution is -2.40. The summed E-state index contributed by atoms with van der Waals surface area (Å²) in [7, 11) is 0. The van der Waals surface area contributed by atoms with Crippen LogP contribution in [0.3, 0.4) is 0 Å². The summed E-state index contributed by atoms with van der Waals surface area (Å²) in [5.41, 5.74) is 3.22. The summed E-state index contributed by atoms with van der Waals surface area (Å²) < 4.78 is 0. The monoisotopic (exact) mass is 272 g/mol. The fraction of sp³-hybridized carbons (Fsp3) is 0.667. The highest BCUT2D eigenvalue weighted by atomic mass is 15.2. The lowest BCUT2D eigenvalue weighted by molar-refractivity contribution is 0.134. The van der Waals surface area contributed by atoms with Crippen LogP contribution in [0.4, 0.5) is 0 Å². The highest BCUT2D eigenvalue weighted by molar-refractivity contribution is 5.31. The second-order valence-corrected chi connectivity index (χ2v) is 6.34. The molecule has 1 aliphatic heterocycles. The summed E-state index contributed by atoms with van der Waals surface area (Å²) in [6.07, 6.45) is 7.92. The van der Waals surface area contributed by atoms with Gasteiger partial charge in [0.1, 0.15) is 0 Å². The predicted molar refractivity (Wildman–Crippen MR) is 85.0 cm³/mol. The van der Waals surface area contributed by atoms with E-state index in [4.69, 9.17) is 0 Å². The Labute approximate surface area is 123 Å². The normalized spacial score (nSPS) is 26.5. The third-order valence-electron chi connectivity index (χ3n) is 4.97. The Morgan fingerprint density at radius 1 is 1.20 bits per heavy atom. The molecular weight excluding hydrogens is 244 g/mol. The highest BCUT2D eigenvalue weighted by Gasteiger charge is 2.30. The molecule has 0 amide bonds. The third-order valence-corrected chi connectivity index (χ3v) is 4.97. The van der Waals surface area contributed by atoms with Crippen LogP contribution in [0.15, 0.2) is 24.3 Å². The minimum absolute atomic E-state index is 0.651. The van der Waals surface area contributed by atoms with E-state index in [-0.39, 0.29) is 0 Å². The number of rotatable bonds is 4. The SMILES string of the molecule is CCCN(C1CCNC1)C1CCCCc2ccccc21. The number of aryl methyl sites for hydroxylation is 1. The molecule has 0 saturated carbocycles. The van der Waals surface area contributed by atoms with Gasteiger partial charge in [0.25, 0.3) is 0 Å². The predicted octanol–water partition coefficient (Wildman–Crippen LogP) is 3.53. The van der Waals surface area contributed by atoms with Gasteiger partial charge in [-0.3, -0.25) is 4.90 Å². The number of nitrogens with one attached hydrogen (secondary N) is 1. The number of hydrogen-bond donors (Lipinski definition) is 1. The zero-order chi connectivity index (χ0) is 13.8. The van der Waals surface area contributed by atoms with Gasteiger partial charge in [0.15, 0.2) is 0 Å². The molecule has 1 aromatic rings. The fourth-order valence-corrected chi connectivity index (χ4v) is 4.01. The van der Waals surface area contributed by atoms with Gasteiger partial charge in [0, 0.05) is 18.6 Å². The van der Waals surface area contributed by atoms with E-state index in [9.17, 15) is 0 Å². The van der Waals surface area contributed by atoms with Gasteiger partial charge >= 0.3 is 0 Å². The summed E-state index contributed by atoms with van der Waals surface area (Å²) in [6.45, 7) is 5.93. The molecule has 1 heterocycles. The first kappa shape index (κ1) is 14.1. The first-order valence-electron chi connectivity index (χ1n) is 8.44. The van der Waals surface area contributed by atoms with Crippen molar-refractivity contribution in [2.75, 3.05) is 19.6 Å². The van der Waals surface area contributed by atoms with Crippen molar-refractivity contribution >= 4 is 0 Å². The minimum Gasteiger partial charge on any atom is -0.315 e. The molecule has 20 heavy (non-hydrogen) atoms. The van der Waals surface area contributed by atoms with E-state index >= 15 is 0 Å². The van der Waals surface area contributed by atoms with Crippen LogP contribution in [0.1, 0.15) is 56.2 Å². The van der Waals surface area contributed by atoms with Crippen LogP contribution in [0.2, 0.25) is 0 Å². The molecule has 0 spiro atoms. The fourth-order valence-electron chi connectivity index (χ4n) is 4.01. The molecule has 1 fully saturated rings. The van der Waals surface area contributed by atoms with E-state index in [2.05, 4.69) is 41.4 Å². The Bertz CT molecular complexity index is 423. The number of fused-ring (bicyclic) bond motifs is 1. The average molecular weight is 272 g/mol. The lowest BCUT2D eigenvalue weighted by atomic mass is 9.96. The van der Waals surface area contributed by atoms with Gasteiger partial charge in [0.05, 0.1) is 0 Å². The van der Waals surface area contributed by atoms with Gasteiger partial charge < -0.3 is 5.32 Å². The summed E-state index contributed by atoms with van der Waals surface area (Å²) >= 11 is 0. The van der Waals surface area contributed by atoms with Crippen LogP contribution in [0.5, 0.6) is 0 Å². The van der Waals surface area contributed by atoms with Gasteiger partial charge in [-0.25, -0.2) is 0 Å². The van der Waals surface area contributed by atoms with E-state index in [1.165, 1.54) is 58.2 Å². The van der Waals surface area contributed by atoms with Crippen molar-refractivity contribution < 1.29 is 0 Å². The summed E-state index contributed by atoms with van der Waals surface area (Å²) in [6, 6.07) is 10.6. The van der Waals surface area contributed by atoms with E-state index in [0.717, 1.165) is 6.04 Å². The van der Waals surface area contributed by atoms with Crippen molar-refractivity contribution in [1.29, 1.82) is 0 Å². The molecule has 1 saturated heterocycles. The molecule has 1 aromatic carbocycles. The van der Waals surface area contributed by atoms with E-state index in [1.807, 2.05) is 0 Å². The van der Waals surface area contributed by atoms with Crippen molar-refractivity contribution in [3.8, 4) is 0 Å². The van der Waals surface area contributed by atoms with Gasteiger partial charge in [0.2, 0.25) is 0 Å². The molecule has 2 atom stereocenters. The van der Waals surface area contributed by atoms with Crippen LogP contribution in [0, 0.1) is 0 Å². The zero-order valence-electron chi connectivity index (χ0n) is 12.8. The summed E-state index contributed by atoms with van der Waals surface area (Å²) in [5.74, 6) is 0. The Balaban J connectivity index is 1.88. The topological polar surface area (TPSA) is 15.3 Å². The van der Waals surface area contributed by atoms with Gasteiger partial charge in [-0.1, -0.05) is 37.6 Å². The molecular formula is C18H28N2. The van der Waals surface area contributed by atoms with Crippen molar-refractivity contribution in [3.05, 3.63) is 35.4 Å². The van der Waals surface area contributed by atoms with Crippen LogP contribution in [-0.4, -0.2) is 30.6 Å². The van der Waals surface area contributed by atoms with Crippen molar-refractivity contribution in [2.24, 2.45) is 0 Å². The molecule has 0 aromatic heterocycles. The smallest absolute Gasteiger partial charge is 0.0354 e. The van der Waals surface area contributed by atoms with E-state index in [0.29, 0.717) is 6.04 Å². The molecule has 2 nitrogen and oxygen atoms in total. The quantitative estimate of drug-likeness (QED) is 0.844. The minimum atomic E-state index is 0.651. The van der Waals surface area contributed by atoms with Gasteiger partial charge in [-0.15, -0.1) is 0 Å². The standard InChI is InChI=1S/C18H28N2/c1-2-13-20(16-11-12-19-14-16)18-10-6-4-8-15-7-3-5-9-17(15)18/h3,5,7,9,16,18-19H,2,4,6,8,10-14H2,1H3. The van der Waals surface area contributed by atoms with Gasteiger partial charge in [-0.2, -0.15) is 0 Å². The summed E-state index contributed by atoms with van der Waals surface area (Å²) in [5, 5.41) is 3.55. The largest absolute Gasteiger partial charge is 0.315 e. The number of nitrogens with zero attached hydrogens (tertiary/aromatic N) is 1. The molecule has 2 aliphatic rings. The third kappa shape index (κ3) is 2.91. The molecule has 2 unspecified atom stereocenters. The zero-order valence-corrected chi connectivity index (χ0v) is 12.8. The van der Waals surface area contributed by atoms with E-state index < -0.39 is 0 Å². The summed E-state index contributed by atoms with van der Waals surface area (Å²) in [4.78, 5) is 2.81. The maximum absolute atomic E-state index is 3.55. The molecule has 2 heteroatoms. The first-order valence-corrected chi connectivity index (χ1v) is 8.44. The second kappa shape index (κ2) is 6.73. The van der Waals surface area contributed by atoms with Gasteiger partial charge in [-0.05, 0) is 56.3 Å². The van der Waals surface area contributed by atoms with Crippen LogP contribution >= 0.6 is 0 Å². The van der Waals surface area contributed by atoms with Crippen LogP contribution < -0.4 is 5.32 Å². The number of hydrogen-bond acceptors (Lipinski definition) is 2. The Kier molecular flexibility index (Phi) is 4.74. The maximum Gasteiger partial charge on any atom is 0.0354 e. The Morgan fingerprint density at radius 2 is 2.10 bits per heavy atom. The molecule has 3 rings (SSSR count). The van der Waals surface area contributed by atoms with Crippen molar-refractivity contribution in [1.82, 2.24) is 10.2 Å². The van der Waals surface area contributed by atoms with Crippen LogP contribution in [0.25, 0.3) is 0 Å². The lowest BCUT2D eigenvalue weighted by Gasteiger charge is -2.36. The van der Waals surface area contributed by atoms with Crippen molar-refractivity contribution in [2.45, 2.75) is 57.5 Å². The molecule has 0 radical (unpaired) electrons. The van der Waals surface area contributed by atoms with E-state index in [1.54, 1.807) is 11.1 Å². The Hall–Kier alpha value is -0.860. The molecule has 1 aliphatic carbocycles.